The lowest BCUT2D eigenvalue weighted by atomic mass is 10.2. The van der Waals surface area contributed by atoms with Crippen LogP contribution in [0.5, 0.6) is 0 Å². The largest absolute Gasteiger partial charge is 0.451 e. The quantitative estimate of drug-likeness (QED) is 0.482. The lowest BCUT2D eigenvalue weighted by Crippen LogP contribution is -2.04. The fourth-order valence-electron chi connectivity index (χ4n) is 0.136. The van der Waals surface area contributed by atoms with Crippen LogP contribution in [0.4, 0.5) is 0 Å². The predicted octanol–water partition coefficient (Wildman–Crippen LogP) is 0.976. The highest BCUT2D eigenvalue weighted by atomic mass is 31.0. The second kappa shape index (κ2) is 2.98. The zero-order valence-electron chi connectivity index (χ0n) is 4.47. The highest BCUT2D eigenvalue weighted by molar-refractivity contribution is 7.10. The van der Waals surface area contributed by atoms with E-state index in [-0.39, 0.29) is 11.9 Å². The Hall–Kier alpha value is -0.100. The summed E-state index contributed by atoms with van der Waals surface area (Å²) in [5.74, 6) is -0.206. The van der Waals surface area contributed by atoms with E-state index < -0.39 is 0 Å². The zero-order valence-corrected chi connectivity index (χ0v) is 5.63. The van der Waals surface area contributed by atoms with E-state index in [1.54, 1.807) is 13.8 Å². The Labute approximate surface area is 45.5 Å². The second-order valence-electron chi connectivity index (χ2n) is 1.59. The van der Waals surface area contributed by atoms with Crippen molar-refractivity contribution >= 4 is 15.4 Å². The van der Waals surface area contributed by atoms with Gasteiger partial charge in [-0.15, -0.1) is 0 Å². The Balaban J connectivity index is 3.35. The van der Waals surface area contributed by atoms with Gasteiger partial charge in [0, 0.05) is 0 Å². The van der Waals surface area contributed by atoms with E-state index in [0.717, 1.165) is 0 Å². The first-order valence-corrected chi connectivity index (χ1v) is 2.56. The fraction of sp³-hybridized carbons (Fsp3) is 0.750. The van der Waals surface area contributed by atoms with E-state index in [4.69, 9.17) is 0 Å². The summed E-state index contributed by atoms with van der Waals surface area (Å²) < 4.78 is 4.29. The molecule has 0 spiro atoms. The zero-order chi connectivity index (χ0) is 5.86. The van der Waals surface area contributed by atoms with Gasteiger partial charge in [0.05, 0.1) is 15.4 Å². The third kappa shape index (κ3) is 2.58. The van der Waals surface area contributed by atoms with Crippen LogP contribution in [0.25, 0.3) is 0 Å². The first-order chi connectivity index (χ1) is 3.18. The van der Waals surface area contributed by atoms with Gasteiger partial charge in [-0.2, -0.15) is 0 Å². The molecule has 0 aromatic heterocycles. The Morgan fingerprint density at radius 2 is 2.14 bits per heavy atom. The maximum absolute atomic E-state index is 10.3. The summed E-state index contributed by atoms with van der Waals surface area (Å²) in [4.78, 5) is 10.3. The summed E-state index contributed by atoms with van der Waals surface area (Å²) in [5.41, 5.74) is 0. The molecule has 0 aliphatic rings. The Morgan fingerprint density at radius 3 is 2.14 bits per heavy atom. The van der Waals surface area contributed by atoms with Gasteiger partial charge in [0.15, 0.2) is 0 Å². The van der Waals surface area contributed by atoms with Gasteiger partial charge in [-0.05, 0) is 0 Å². The summed E-state index contributed by atoms with van der Waals surface area (Å²) in [6.45, 7) is 3.57. The molecule has 0 rings (SSSR count). The van der Waals surface area contributed by atoms with Crippen molar-refractivity contribution in [1.29, 1.82) is 0 Å². The average molecular weight is 120 g/mol. The summed E-state index contributed by atoms with van der Waals surface area (Å²) in [7, 11) is 1.91. The highest BCUT2D eigenvalue weighted by Gasteiger charge is 2.03. The van der Waals surface area contributed by atoms with E-state index in [0.29, 0.717) is 0 Å². The fourth-order valence-corrected chi connectivity index (χ4v) is 0.408. The molecule has 0 aromatic carbocycles. The molecule has 7 heavy (non-hydrogen) atoms. The molecule has 0 aliphatic carbocycles. The number of hydrogen-bond donors (Lipinski definition) is 0. The van der Waals surface area contributed by atoms with Crippen molar-refractivity contribution in [2.45, 2.75) is 13.8 Å². The maximum atomic E-state index is 10.3. The summed E-state index contributed by atoms with van der Waals surface area (Å²) in [6.07, 6.45) is 0. The van der Waals surface area contributed by atoms with Crippen molar-refractivity contribution in [1.82, 2.24) is 0 Å². The number of carbonyl (C=O) groups excluding carboxylic acids is 1. The van der Waals surface area contributed by atoms with Crippen LogP contribution in [-0.4, -0.2) is 5.97 Å². The van der Waals surface area contributed by atoms with Crippen molar-refractivity contribution in [2.75, 3.05) is 0 Å². The van der Waals surface area contributed by atoms with Crippen LogP contribution in [0.1, 0.15) is 13.8 Å². The molecule has 0 aromatic rings. The molecular weight excluding hydrogens is 111 g/mol. The van der Waals surface area contributed by atoms with Gasteiger partial charge in [-0.1, -0.05) is 13.8 Å². The van der Waals surface area contributed by atoms with Gasteiger partial charge in [0.1, 0.15) is 0 Å². The smallest absolute Gasteiger partial charge is 0.310 e. The first kappa shape index (κ1) is 6.90. The Bertz CT molecular complexity index is 70.1. The number of rotatable bonds is 1. The van der Waals surface area contributed by atoms with Crippen LogP contribution < -0.4 is 0 Å². The van der Waals surface area contributed by atoms with Gasteiger partial charge in [-0.3, -0.25) is 4.79 Å². The van der Waals surface area contributed by atoms with E-state index in [1.807, 2.05) is 9.47 Å². The van der Waals surface area contributed by atoms with Crippen molar-refractivity contribution in [3.8, 4) is 0 Å². The lowest BCUT2D eigenvalue weighted by Gasteiger charge is -1.97. The van der Waals surface area contributed by atoms with Gasteiger partial charge >= 0.3 is 5.97 Å². The SMILES string of the molecule is CC(C)C(=O)OP. The molecule has 0 fully saturated rings. The summed E-state index contributed by atoms with van der Waals surface area (Å²) >= 11 is 0. The summed E-state index contributed by atoms with van der Waals surface area (Å²) in [5, 5.41) is 0. The molecule has 0 saturated heterocycles. The molecule has 0 aliphatic heterocycles. The van der Waals surface area contributed by atoms with Crippen molar-refractivity contribution in [3.05, 3.63) is 0 Å². The van der Waals surface area contributed by atoms with Crippen LogP contribution in [0.15, 0.2) is 0 Å². The van der Waals surface area contributed by atoms with Crippen LogP contribution in [0, 0.1) is 5.92 Å². The van der Waals surface area contributed by atoms with Crippen molar-refractivity contribution in [3.63, 3.8) is 0 Å². The monoisotopic (exact) mass is 120 g/mol. The topological polar surface area (TPSA) is 26.3 Å². The van der Waals surface area contributed by atoms with Gasteiger partial charge in [-0.25, -0.2) is 0 Å². The van der Waals surface area contributed by atoms with Crippen LogP contribution in [-0.2, 0) is 9.32 Å². The van der Waals surface area contributed by atoms with Crippen molar-refractivity contribution < 1.29 is 9.32 Å². The Kier molecular flexibility index (Phi) is 2.93. The van der Waals surface area contributed by atoms with E-state index in [9.17, 15) is 4.79 Å². The minimum atomic E-state index is -0.190. The standard InChI is InChI=1S/C4H9O2P/c1-3(2)4(5)6-7/h3H,7H2,1-2H3. The van der Waals surface area contributed by atoms with Crippen molar-refractivity contribution in [2.24, 2.45) is 5.92 Å². The number of carbonyl (C=O) groups is 1. The predicted molar refractivity (Wildman–Crippen MR) is 30.6 cm³/mol. The molecule has 0 radical (unpaired) electrons. The first-order valence-electron chi connectivity index (χ1n) is 2.09. The lowest BCUT2D eigenvalue weighted by molar-refractivity contribution is -0.136. The maximum Gasteiger partial charge on any atom is 0.310 e. The average Bonchev–Trinajstić information content (AvgIpc) is 1.65. The van der Waals surface area contributed by atoms with Gasteiger partial charge < -0.3 is 4.52 Å². The molecule has 0 saturated carbocycles. The third-order valence-electron chi connectivity index (χ3n) is 0.588. The molecule has 0 bridgehead atoms. The molecule has 1 atom stereocenters. The molecule has 3 heteroatoms. The van der Waals surface area contributed by atoms with Crippen LogP contribution >= 0.6 is 9.47 Å². The normalized spacial score (nSPS) is 9.14. The Morgan fingerprint density at radius 1 is 1.71 bits per heavy atom. The minimum absolute atomic E-state index is 0.0162. The molecule has 0 N–H and O–H groups in total. The molecular formula is C4H9O2P. The van der Waals surface area contributed by atoms with Crippen LogP contribution in [0.2, 0.25) is 0 Å². The van der Waals surface area contributed by atoms with Crippen LogP contribution in [0.3, 0.4) is 0 Å². The van der Waals surface area contributed by atoms with E-state index in [1.165, 1.54) is 0 Å². The third-order valence-corrected chi connectivity index (χ3v) is 0.820. The minimum Gasteiger partial charge on any atom is -0.451 e. The molecule has 42 valence electrons. The number of hydrogen-bond acceptors (Lipinski definition) is 2. The van der Waals surface area contributed by atoms with E-state index in [2.05, 4.69) is 4.52 Å². The van der Waals surface area contributed by atoms with Gasteiger partial charge in [0.25, 0.3) is 0 Å². The molecule has 0 heterocycles. The molecule has 2 nitrogen and oxygen atoms in total. The van der Waals surface area contributed by atoms with E-state index >= 15 is 0 Å². The molecule has 1 unspecified atom stereocenters. The highest BCUT2D eigenvalue weighted by Crippen LogP contribution is 1.98. The summed E-state index contributed by atoms with van der Waals surface area (Å²) in [6, 6.07) is 0. The molecule has 0 amide bonds. The second-order valence-corrected chi connectivity index (χ2v) is 1.83. The van der Waals surface area contributed by atoms with Gasteiger partial charge in [0.2, 0.25) is 0 Å².